The lowest BCUT2D eigenvalue weighted by atomic mass is 10.1. The second-order valence-corrected chi connectivity index (χ2v) is 6.08. The van der Waals surface area contributed by atoms with Crippen molar-refractivity contribution in [3.8, 4) is 0 Å². The zero-order valence-electron chi connectivity index (χ0n) is 14.7. The Morgan fingerprint density at radius 1 is 0.893 bits per heavy atom. The van der Waals surface area contributed by atoms with Crippen molar-refractivity contribution in [2.75, 3.05) is 17.7 Å². The molecule has 0 aliphatic rings. The summed E-state index contributed by atoms with van der Waals surface area (Å²) in [6.45, 7) is 0. The minimum atomic E-state index is -0.493. The van der Waals surface area contributed by atoms with E-state index in [1.54, 1.807) is 18.2 Å². The normalized spacial score (nSPS) is 10.2. The Morgan fingerprint density at radius 3 is 2.21 bits per heavy atom. The van der Waals surface area contributed by atoms with Gasteiger partial charge in [0.2, 0.25) is 0 Å². The van der Waals surface area contributed by atoms with Gasteiger partial charge in [0, 0.05) is 10.6 Å². The highest BCUT2D eigenvalue weighted by molar-refractivity contribution is 6.31. The molecule has 2 N–H and O–H groups in total. The quantitative estimate of drug-likeness (QED) is 0.627. The van der Waals surface area contributed by atoms with Crippen LogP contribution in [0.3, 0.4) is 0 Å². The van der Waals surface area contributed by atoms with Gasteiger partial charge in [-0.15, -0.1) is 0 Å². The summed E-state index contributed by atoms with van der Waals surface area (Å²) in [4.78, 5) is 36.2. The van der Waals surface area contributed by atoms with Crippen LogP contribution in [0.25, 0.3) is 0 Å². The zero-order valence-corrected chi connectivity index (χ0v) is 15.4. The number of halogens is 1. The molecule has 2 amide bonds. The van der Waals surface area contributed by atoms with Crippen molar-refractivity contribution in [3.63, 3.8) is 0 Å². The molecule has 1 aromatic heterocycles. The van der Waals surface area contributed by atoms with E-state index in [-0.39, 0.29) is 5.76 Å². The summed E-state index contributed by atoms with van der Waals surface area (Å²) in [5.74, 6) is -1.28. The molecule has 28 heavy (non-hydrogen) atoms. The van der Waals surface area contributed by atoms with Gasteiger partial charge in [0.25, 0.3) is 11.8 Å². The second kappa shape index (κ2) is 8.41. The van der Waals surface area contributed by atoms with E-state index in [0.717, 1.165) is 0 Å². The number of carbonyl (C=O) groups is 3. The number of anilines is 2. The van der Waals surface area contributed by atoms with Crippen molar-refractivity contribution in [3.05, 3.63) is 82.8 Å². The molecule has 8 heteroatoms. The van der Waals surface area contributed by atoms with Crippen molar-refractivity contribution < 1.29 is 23.5 Å². The predicted octanol–water partition coefficient (Wildman–Crippen LogP) is 4.22. The molecule has 0 unspecified atom stereocenters. The molecule has 0 bridgehead atoms. The first-order valence-electron chi connectivity index (χ1n) is 8.12. The highest BCUT2D eigenvalue weighted by Gasteiger charge is 2.15. The molecular weight excluding hydrogens is 384 g/mol. The molecule has 0 atom stereocenters. The third kappa shape index (κ3) is 4.39. The highest BCUT2D eigenvalue weighted by Crippen LogP contribution is 2.27. The Kier molecular flexibility index (Phi) is 5.76. The van der Waals surface area contributed by atoms with Crippen LogP contribution in [0, 0.1) is 0 Å². The Balaban J connectivity index is 1.79. The predicted molar refractivity (Wildman–Crippen MR) is 104 cm³/mol. The van der Waals surface area contributed by atoms with Gasteiger partial charge in [-0.2, -0.15) is 0 Å². The van der Waals surface area contributed by atoms with Crippen molar-refractivity contribution in [2.24, 2.45) is 0 Å². The standard InChI is InChI=1S/C20H15ClN2O5/c1-27-20(26)13-6-4-12(5-7-13)18(24)22-15-9-8-14(21)11-16(15)23-19(25)17-3-2-10-28-17/h2-11H,1H3,(H,22,24)(H,23,25). The number of ether oxygens (including phenoxy) is 1. The highest BCUT2D eigenvalue weighted by atomic mass is 35.5. The van der Waals surface area contributed by atoms with Crippen LogP contribution in [0.5, 0.6) is 0 Å². The first kappa shape index (κ1) is 19.2. The fraction of sp³-hybridized carbons (Fsp3) is 0.0500. The van der Waals surface area contributed by atoms with Crippen molar-refractivity contribution >= 4 is 40.8 Å². The van der Waals surface area contributed by atoms with E-state index in [1.165, 1.54) is 49.8 Å². The molecule has 0 aliphatic carbocycles. The molecular formula is C20H15ClN2O5. The molecule has 0 radical (unpaired) electrons. The average Bonchev–Trinajstić information content (AvgIpc) is 3.24. The molecule has 142 valence electrons. The van der Waals surface area contributed by atoms with Crippen LogP contribution in [0.1, 0.15) is 31.3 Å². The van der Waals surface area contributed by atoms with Crippen molar-refractivity contribution in [1.82, 2.24) is 0 Å². The van der Waals surface area contributed by atoms with Gasteiger partial charge in [-0.3, -0.25) is 9.59 Å². The van der Waals surface area contributed by atoms with E-state index < -0.39 is 17.8 Å². The van der Waals surface area contributed by atoms with Crippen LogP contribution < -0.4 is 10.6 Å². The second-order valence-electron chi connectivity index (χ2n) is 5.64. The van der Waals surface area contributed by atoms with Crippen LogP contribution >= 0.6 is 11.6 Å². The summed E-state index contributed by atoms with van der Waals surface area (Å²) < 4.78 is 9.68. The number of rotatable bonds is 5. The van der Waals surface area contributed by atoms with Gasteiger partial charge in [-0.25, -0.2) is 4.79 Å². The third-order valence-electron chi connectivity index (χ3n) is 3.79. The average molecular weight is 399 g/mol. The number of hydrogen-bond acceptors (Lipinski definition) is 5. The SMILES string of the molecule is COC(=O)c1ccc(C(=O)Nc2ccc(Cl)cc2NC(=O)c2ccco2)cc1. The summed E-state index contributed by atoms with van der Waals surface area (Å²) in [6, 6.07) is 13.7. The van der Waals surface area contributed by atoms with Crippen LogP contribution in [-0.2, 0) is 4.74 Å². The van der Waals surface area contributed by atoms with Gasteiger partial charge >= 0.3 is 5.97 Å². The smallest absolute Gasteiger partial charge is 0.337 e. The van der Waals surface area contributed by atoms with Gasteiger partial charge in [0.15, 0.2) is 5.76 Å². The molecule has 1 heterocycles. The fourth-order valence-corrected chi connectivity index (χ4v) is 2.56. The van der Waals surface area contributed by atoms with Gasteiger partial charge in [-0.05, 0) is 54.6 Å². The van der Waals surface area contributed by atoms with E-state index in [0.29, 0.717) is 27.5 Å². The Hall–Kier alpha value is -3.58. The molecule has 3 aromatic rings. The summed E-state index contributed by atoms with van der Waals surface area (Å²) >= 11 is 6.01. The molecule has 2 aromatic carbocycles. The lowest BCUT2D eigenvalue weighted by molar-refractivity contribution is 0.0600. The lowest BCUT2D eigenvalue weighted by Gasteiger charge is -2.12. The van der Waals surface area contributed by atoms with E-state index in [2.05, 4.69) is 15.4 Å². The topological polar surface area (TPSA) is 97.6 Å². The van der Waals surface area contributed by atoms with Crippen LogP contribution in [0.15, 0.2) is 65.3 Å². The first-order chi connectivity index (χ1) is 13.5. The number of esters is 1. The maximum Gasteiger partial charge on any atom is 0.337 e. The van der Waals surface area contributed by atoms with Gasteiger partial charge in [-0.1, -0.05) is 11.6 Å². The van der Waals surface area contributed by atoms with Gasteiger partial charge < -0.3 is 19.8 Å². The number of methoxy groups -OCH3 is 1. The summed E-state index contributed by atoms with van der Waals surface area (Å²) in [5.41, 5.74) is 1.32. The van der Waals surface area contributed by atoms with Gasteiger partial charge in [0.1, 0.15) is 0 Å². The van der Waals surface area contributed by atoms with Crippen LogP contribution in [-0.4, -0.2) is 24.9 Å². The molecule has 7 nitrogen and oxygen atoms in total. The fourth-order valence-electron chi connectivity index (χ4n) is 2.39. The lowest BCUT2D eigenvalue weighted by Crippen LogP contribution is -2.16. The van der Waals surface area contributed by atoms with Crippen LogP contribution in [0.4, 0.5) is 11.4 Å². The molecule has 3 rings (SSSR count). The molecule has 0 spiro atoms. The third-order valence-corrected chi connectivity index (χ3v) is 4.03. The van der Waals surface area contributed by atoms with Crippen molar-refractivity contribution in [2.45, 2.75) is 0 Å². The minimum Gasteiger partial charge on any atom is -0.465 e. The monoisotopic (exact) mass is 398 g/mol. The number of furan rings is 1. The molecule has 0 fully saturated rings. The van der Waals surface area contributed by atoms with Crippen LogP contribution in [0.2, 0.25) is 5.02 Å². The Morgan fingerprint density at radius 2 is 1.57 bits per heavy atom. The van der Waals surface area contributed by atoms with E-state index in [9.17, 15) is 14.4 Å². The molecule has 0 saturated heterocycles. The largest absolute Gasteiger partial charge is 0.465 e. The van der Waals surface area contributed by atoms with E-state index in [1.807, 2.05) is 0 Å². The summed E-state index contributed by atoms with van der Waals surface area (Å²) in [5, 5.41) is 5.74. The number of carbonyl (C=O) groups excluding carboxylic acids is 3. The molecule has 0 aliphatic heterocycles. The van der Waals surface area contributed by atoms with Gasteiger partial charge in [0.05, 0.1) is 30.3 Å². The summed E-state index contributed by atoms with van der Waals surface area (Å²) in [7, 11) is 1.28. The molecule has 0 saturated carbocycles. The number of hydrogen-bond donors (Lipinski definition) is 2. The Bertz CT molecular complexity index is 1010. The minimum absolute atomic E-state index is 0.121. The number of amides is 2. The maximum atomic E-state index is 12.5. The first-order valence-corrected chi connectivity index (χ1v) is 8.50. The van der Waals surface area contributed by atoms with E-state index in [4.69, 9.17) is 16.0 Å². The zero-order chi connectivity index (χ0) is 20.1. The Labute approximate surface area is 165 Å². The number of benzene rings is 2. The number of nitrogens with one attached hydrogen (secondary N) is 2. The summed E-state index contributed by atoms with van der Waals surface area (Å²) in [6.07, 6.45) is 1.38. The van der Waals surface area contributed by atoms with Crippen molar-refractivity contribution in [1.29, 1.82) is 0 Å². The van der Waals surface area contributed by atoms with E-state index >= 15 is 0 Å². The maximum absolute atomic E-state index is 12.5.